The zero-order valence-electron chi connectivity index (χ0n) is 15.2. The van der Waals surface area contributed by atoms with Gasteiger partial charge in [-0.15, -0.1) is 0 Å². The molecule has 14 nitrogen and oxygen atoms in total. The van der Waals surface area contributed by atoms with Crippen LogP contribution in [0.5, 0.6) is 0 Å². The van der Waals surface area contributed by atoms with E-state index < -0.39 is 78.3 Å². The van der Waals surface area contributed by atoms with Crippen LogP contribution in [0.15, 0.2) is 47.9 Å². The summed E-state index contributed by atoms with van der Waals surface area (Å²) in [5.74, 6) is 0. The Morgan fingerprint density at radius 3 is 1.15 bits per heavy atom. The number of hydrogen-bond donors (Lipinski definition) is 6. The molecule has 2 aliphatic carbocycles. The molecule has 180 valence electrons. The van der Waals surface area contributed by atoms with Crippen LogP contribution in [-0.2, 0) is 40.5 Å². The molecule has 2 aliphatic rings. The van der Waals surface area contributed by atoms with Crippen molar-refractivity contribution in [2.75, 3.05) is 0 Å². The minimum atomic E-state index is -5.73. The van der Waals surface area contributed by atoms with E-state index in [0.717, 1.165) is 12.2 Å². The third-order valence-corrected chi connectivity index (χ3v) is 10.6. The predicted molar refractivity (Wildman–Crippen MR) is 121 cm³/mol. The summed E-state index contributed by atoms with van der Waals surface area (Å²) in [7, 11) is -22.3. The average molecular weight is 571 g/mol. The van der Waals surface area contributed by atoms with Crippen molar-refractivity contribution >= 4 is 99.6 Å². The van der Waals surface area contributed by atoms with E-state index in [1.165, 1.54) is 0 Å². The Balaban J connectivity index is 0.00000512. The first-order chi connectivity index (χ1) is 13.7. The van der Waals surface area contributed by atoms with E-state index in [1.807, 2.05) is 0 Å². The Labute approximate surface area is 234 Å². The van der Waals surface area contributed by atoms with Crippen LogP contribution in [0.25, 0.3) is 0 Å². The zero-order valence-corrected chi connectivity index (χ0v) is 18.4. The summed E-state index contributed by atoms with van der Waals surface area (Å²) >= 11 is 0. The molecule has 8 N–H and O–H groups in total. The first-order valence-corrected chi connectivity index (χ1v) is 13.8. The number of hydrogen-bond acceptors (Lipinski definition) is 10. The van der Waals surface area contributed by atoms with Gasteiger partial charge in [0.1, 0.15) is 20.0 Å². The van der Waals surface area contributed by atoms with Gasteiger partial charge in [0.05, 0.1) is 0 Å². The molecular formula is C13H20N2Na2O12S4. The van der Waals surface area contributed by atoms with Crippen molar-refractivity contribution in [2.45, 2.75) is 26.4 Å². The molecule has 0 radical (unpaired) electrons. The van der Waals surface area contributed by atoms with E-state index in [4.69, 9.17) is 11.5 Å². The van der Waals surface area contributed by atoms with Crippen molar-refractivity contribution in [1.82, 2.24) is 0 Å². The molecule has 0 aromatic heterocycles. The summed E-state index contributed by atoms with van der Waals surface area (Å²) < 4.78 is 129. The fourth-order valence-corrected chi connectivity index (χ4v) is 9.18. The third kappa shape index (κ3) is 6.31. The molecule has 0 heterocycles. The van der Waals surface area contributed by atoms with Crippen molar-refractivity contribution in [3.63, 3.8) is 0 Å². The minimum absolute atomic E-state index is 0. The van der Waals surface area contributed by atoms with Gasteiger partial charge >= 0.3 is 59.1 Å². The Morgan fingerprint density at radius 2 is 0.939 bits per heavy atom. The molecule has 2 rings (SSSR count). The fourth-order valence-electron chi connectivity index (χ4n) is 3.61. The fraction of sp³-hybridized carbons (Fsp3) is 0.385. The second-order valence-corrected chi connectivity index (χ2v) is 13.4. The van der Waals surface area contributed by atoms with Gasteiger partial charge in [0.2, 0.25) is 0 Å². The SMILES string of the molecule is NC1=CC(CC2(S(=O)(=O)O)C=C(N)C=CC2S(=O)(=O)O)(S(=O)(=O)O)C(S(=O)(=O)O)C=C1.[NaH].[NaH]. The van der Waals surface area contributed by atoms with Gasteiger partial charge in [0.15, 0.2) is 0 Å². The molecule has 0 saturated heterocycles. The topological polar surface area (TPSA) is 270 Å². The summed E-state index contributed by atoms with van der Waals surface area (Å²) in [5.41, 5.74) is 9.97. The van der Waals surface area contributed by atoms with Gasteiger partial charge in [-0.2, -0.15) is 33.7 Å². The first kappa shape index (κ1) is 33.2. The summed E-state index contributed by atoms with van der Waals surface area (Å²) in [6.45, 7) is 0. The number of rotatable bonds is 6. The molecule has 0 bridgehead atoms. The average Bonchev–Trinajstić information content (AvgIpc) is 2.50. The van der Waals surface area contributed by atoms with Gasteiger partial charge < -0.3 is 11.5 Å². The first-order valence-electron chi connectivity index (χ1n) is 7.87. The predicted octanol–water partition coefficient (Wildman–Crippen LogP) is -3.33. The van der Waals surface area contributed by atoms with Gasteiger partial charge in [-0.05, 0) is 24.3 Å². The Bertz CT molecular complexity index is 1250. The van der Waals surface area contributed by atoms with Crippen LogP contribution in [0, 0.1) is 0 Å². The van der Waals surface area contributed by atoms with Gasteiger partial charge in [0, 0.05) is 17.8 Å². The summed E-state index contributed by atoms with van der Waals surface area (Å²) in [6, 6.07) is 0. The van der Waals surface area contributed by atoms with Crippen LogP contribution in [0.1, 0.15) is 6.42 Å². The van der Waals surface area contributed by atoms with E-state index in [0.29, 0.717) is 24.3 Å². The van der Waals surface area contributed by atoms with Gasteiger partial charge in [-0.3, -0.25) is 18.2 Å². The number of allylic oxidation sites excluding steroid dienone is 2. The Hall–Kier alpha value is 0.200. The Morgan fingerprint density at radius 1 is 0.667 bits per heavy atom. The molecule has 0 amide bonds. The molecule has 0 spiro atoms. The van der Waals surface area contributed by atoms with Gasteiger partial charge in [-0.25, -0.2) is 0 Å². The molecule has 33 heavy (non-hydrogen) atoms. The summed E-state index contributed by atoms with van der Waals surface area (Å²) in [4.78, 5) is 0. The number of nitrogens with two attached hydrogens (primary N) is 2. The van der Waals surface area contributed by atoms with Crippen LogP contribution in [0.2, 0.25) is 0 Å². The van der Waals surface area contributed by atoms with Crippen molar-refractivity contribution in [2.24, 2.45) is 11.5 Å². The molecule has 0 aliphatic heterocycles. The van der Waals surface area contributed by atoms with Crippen LogP contribution >= 0.6 is 0 Å². The van der Waals surface area contributed by atoms with E-state index in [9.17, 15) is 51.9 Å². The van der Waals surface area contributed by atoms with E-state index in [2.05, 4.69) is 0 Å². The normalized spacial score (nSPS) is 30.4. The molecular weight excluding hydrogens is 550 g/mol. The van der Waals surface area contributed by atoms with Crippen molar-refractivity contribution < 1.29 is 51.9 Å². The van der Waals surface area contributed by atoms with Crippen LogP contribution < -0.4 is 11.5 Å². The maximum atomic E-state index is 12.4. The van der Waals surface area contributed by atoms with E-state index in [1.54, 1.807) is 0 Å². The van der Waals surface area contributed by atoms with Crippen molar-refractivity contribution in [3.8, 4) is 0 Å². The maximum absolute atomic E-state index is 12.4. The zero-order chi connectivity index (χ0) is 24.3. The van der Waals surface area contributed by atoms with Gasteiger partial charge in [0.25, 0.3) is 40.5 Å². The molecule has 20 heteroatoms. The summed E-state index contributed by atoms with van der Waals surface area (Å²) in [6.07, 6.45) is 1.69. The third-order valence-electron chi connectivity index (χ3n) is 4.87. The second kappa shape index (κ2) is 10.3. The summed E-state index contributed by atoms with van der Waals surface area (Å²) in [5, 5.41) is -5.19. The molecule has 0 fully saturated rings. The van der Waals surface area contributed by atoms with Crippen LogP contribution in [0.4, 0.5) is 0 Å². The molecule has 0 saturated carbocycles. The Kier molecular flexibility index (Phi) is 10.3. The van der Waals surface area contributed by atoms with Crippen LogP contribution in [-0.4, -0.2) is 131 Å². The monoisotopic (exact) mass is 570 g/mol. The quantitative estimate of drug-likeness (QED) is 0.135. The molecule has 0 aromatic carbocycles. The standard InChI is InChI=1S/C13H18N2O12S4.2Na.2H/c14-8-1-3-10(28(16,17)18)12(5-8,30(22,23)24)7-13(31(25,26)27)6-9(15)2-4-11(13)29(19,20)21;;;;/h1-6,10-11H,7,14-15H2,(H,16,17,18)(H,19,20,21)(H,22,23,24)(H,25,26,27);;;;. The van der Waals surface area contributed by atoms with Crippen LogP contribution in [0.3, 0.4) is 0 Å². The second-order valence-electron chi connectivity index (χ2n) is 6.91. The van der Waals surface area contributed by atoms with Crippen molar-refractivity contribution in [1.29, 1.82) is 0 Å². The van der Waals surface area contributed by atoms with Crippen molar-refractivity contribution in [3.05, 3.63) is 47.9 Å². The van der Waals surface area contributed by atoms with E-state index >= 15 is 0 Å². The van der Waals surface area contributed by atoms with Gasteiger partial charge in [-0.1, -0.05) is 12.2 Å². The van der Waals surface area contributed by atoms with E-state index in [-0.39, 0.29) is 59.1 Å². The molecule has 4 unspecified atom stereocenters. The molecule has 4 atom stereocenters. The molecule has 0 aromatic rings.